The zero-order chi connectivity index (χ0) is 24.1. The van der Waals surface area contributed by atoms with Crippen LogP contribution in [0.5, 0.6) is 0 Å². The molecule has 0 amide bonds. The lowest BCUT2D eigenvalue weighted by atomic mass is 9.75. The second kappa shape index (κ2) is 8.38. The Labute approximate surface area is 203 Å². The third kappa shape index (κ3) is 4.13. The van der Waals surface area contributed by atoms with Crippen LogP contribution in [0.2, 0.25) is 0 Å². The smallest absolute Gasteiger partial charge is 0.180 e. The summed E-state index contributed by atoms with van der Waals surface area (Å²) in [6.45, 7) is 13.3. The first-order chi connectivity index (χ1) is 16.1. The van der Waals surface area contributed by atoms with Crippen LogP contribution in [0.3, 0.4) is 0 Å². The first-order valence-corrected chi connectivity index (χ1v) is 12.6. The van der Waals surface area contributed by atoms with Gasteiger partial charge in [-0.1, -0.05) is 6.07 Å². The van der Waals surface area contributed by atoms with Gasteiger partial charge >= 0.3 is 0 Å². The molecule has 7 heteroatoms. The number of imidazole rings is 1. The summed E-state index contributed by atoms with van der Waals surface area (Å²) >= 11 is 0. The first-order valence-electron chi connectivity index (χ1n) is 12.6. The van der Waals surface area contributed by atoms with Crippen molar-refractivity contribution in [1.29, 1.82) is 0 Å². The van der Waals surface area contributed by atoms with Crippen molar-refractivity contribution in [2.24, 2.45) is 12.5 Å². The number of ether oxygens (including phenoxy) is 1. The molecule has 2 aliphatic heterocycles. The molecule has 0 bridgehead atoms. The van der Waals surface area contributed by atoms with Crippen LogP contribution in [-0.2, 0) is 23.7 Å². The summed E-state index contributed by atoms with van der Waals surface area (Å²) in [6.07, 6.45) is 11.1. The summed E-state index contributed by atoms with van der Waals surface area (Å²) in [7, 11) is 2.07. The Morgan fingerprint density at radius 3 is 2.65 bits per heavy atom. The van der Waals surface area contributed by atoms with Crippen molar-refractivity contribution in [2.75, 3.05) is 13.1 Å². The van der Waals surface area contributed by atoms with Gasteiger partial charge in [0, 0.05) is 42.9 Å². The molecule has 3 aromatic rings. The highest BCUT2D eigenvalue weighted by atomic mass is 16.5. The third-order valence-corrected chi connectivity index (χ3v) is 8.45. The predicted molar refractivity (Wildman–Crippen MR) is 133 cm³/mol. The van der Waals surface area contributed by atoms with Crippen molar-refractivity contribution < 1.29 is 4.74 Å². The SMILES string of the molecule is Cc1ccc(C(C)(C)N2CC[C@@](CCc3nc4ncncc4n3C)(C3CCC(C)(C)O3)C2)cn1. The van der Waals surface area contributed by atoms with Gasteiger partial charge in [-0.25, -0.2) is 15.0 Å². The molecular formula is C27H38N6O. The van der Waals surface area contributed by atoms with E-state index in [1.54, 1.807) is 6.33 Å². The molecule has 0 saturated carbocycles. The fraction of sp³-hybridized carbons (Fsp3) is 0.630. The van der Waals surface area contributed by atoms with E-state index in [0.717, 1.165) is 67.9 Å². The Morgan fingerprint density at radius 1 is 1.15 bits per heavy atom. The summed E-state index contributed by atoms with van der Waals surface area (Å²) in [5.74, 6) is 1.08. The molecule has 34 heavy (non-hydrogen) atoms. The van der Waals surface area contributed by atoms with Gasteiger partial charge in [0.25, 0.3) is 0 Å². The minimum atomic E-state index is -0.0793. The molecule has 0 N–H and O–H groups in total. The number of fused-ring (bicyclic) bond motifs is 1. The Hall–Kier alpha value is -2.38. The van der Waals surface area contributed by atoms with E-state index in [1.807, 2.05) is 19.3 Å². The number of hydrogen-bond donors (Lipinski definition) is 0. The molecule has 2 fully saturated rings. The van der Waals surface area contributed by atoms with E-state index < -0.39 is 0 Å². The van der Waals surface area contributed by atoms with E-state index in [4.69, 9.17) is 9.72 Å². The quantitative estimate of drug-likeness (QED) is 0.534. The number of likely N-dealkylation sites (tertiary alicyclic amines) is 1. The summed E-state index contributed by atoms with van der Waals surface area (Å²) in [6, 6.07) is 4.36. The van der Waals surface area contributed by atoms with Crippen LogP contribution in [-0.4, -0.2) is 54.2 Å². The first kappa shape index (κ1) is 23.4. The van der Waals surface area contributed by atoms with Gasteiger partial charge < -0.3 is 9.30 Å². The standard InChI is InChI=1S/C27H38N6O/c1-19-7-8-20(15-29-19)26(4,5)33-14-13-27(17-33,22-9-11-25(2,3)34-22)12-10-23-31-24-21(32(23)6)16-28-18-30-24/h7-8,15-16,18,22H,9-14,17H2,1-6H3/t22?,27-/m1/s1. The lowest BCUT2D eigenvalue weighted by Gasteiger charge is -2.40. The van der Waals surface area contributed by atoms with E-state index in [2.05, 4.69) is 71.3 Å². The fourth-order valence-electron chi connectivity index (χ4n) is 5.99. The monoisotopic (exact) mass is 462 g/mol. The van der Waals surface area contributed by atoms with Gasteiger partial charge in [0.1, 0.15) is 17.7 Å². The summed E-state index contributed by atoms with van der Waals surface area (Å²) in [5, 5.41) is 0. The molecule has 0 aromatic carbocycles. The number of rotatable bonds is 6. The zero-order valence-electron chi connectivity index (χ0n) is 21.5. The van der Waals surface area contributed by atoms with Gasteiger partial charge in [-0.15, -0.1) is 0 Å². The Bertz CT molecular complexity index is 1170. The van der Waals surface area contributed by atoms with E-state index >= 15 is 0 Å². The second-order valence-electron chi connectivity index (χ2n) is 11.5. The molecule has 0 aliphatic carbocycles. The Kier molecular flexibility index (Phi) is 5.76. The Morgan fingerprint density at radius 2 is 1.97 bits per heavy atom. The van der Waals surface area contributed by atoms with Crippen LogP contribution in [0.1, 0.15) is 70.5 Å². The average Bonchev–Trinajstić information content (AvgIpc) is 3.49. The molecule has 1 unspecified atom stereocenters. The highest BCUT2D eigenvalue weighted by Gasteiger charge is 2.51. The van der Waals surface area contributed by atoms with Crippen LogP contribution < -0.4 is 0 Å². The van der Waals surface area contributed by atoms with Gasteiger partial charge in [-0.2, -0.15) is 0 Å². The van der Waals surface area contributed by atoms with Gasteiger partial charge in [0.2, 0.25) is 0 Å². The van der Waals surface area contributed by atoms with Crippen molar-refractivity contribution in [3.05, 3.63) is 47.9 Å². The van der Waals surface area contributed by atoms with Crippen LogP contribution in [0, 0.1) is 12.3 Å². The molecule has 0 radical (unpaired) electrons. The van der Waals surface area contributed by atoms with Gasteiger partial charge in [-0.05, 0) is 78.5 Å². The lowest BCUT2D eigenvalue weighted by molar-refractivity contribution is -0.0789. The van der Waals surface area contributed by atoms with Crippen LogP contribution in [0.15, 0.2) is 30.9 Å². The second-order valence-corrected chi connectivity index (χ2v) is 11.5. The Balaban J connectivity index is 1.41. The topological polar surface area (TPSA) is 69.0 Å². The minimum absolute atomic E-state index is 0.0467. The molecular weight excluding hydrogens is 424 g/mol. The minimum Gasteiger partial charge on any atom is -0.372 e. The molecule has 2 atom stereocenters. The van der Waals surface area contributed by atoms with E-state index in [9.17, 15) is 0 Å². The summed E-state index contributed by atoms with van der Waals surface area (Å²) in [4.78, 5) is 20.6. The number of hydrogen-bond acceptors (Lipinski definition) is 6. The molecule has 7 nitrogen and oxygen atoms in total. The van der Waals surface area contributed by atoms with Crippen molar-refractivity contribution in [3.8, 4) is 0 Å². The molecule has 2 aliphatic rings. The fourth-order valence-corrected chi connectivity index (χ4v) is 5.99. The van der Waals surface area contributed by atoms with E-state index in [-0.39, 0.29) is 22.7 Å². The maximum atomic E-state index is 6.71. The number of aryl methyl sites for hydroxylation is 3. The van der Waals surface area contributed by atoms with Crippen LogP contribution in [0.4, 0.5) is 0 Å². The van der Waals surface area contributed by atoms with E-state index in [1.165, 1.54) is 5.56 Å². The van der Waals surface area contributed by atoms with Crippen molar-refractivity contribution >= 4 is 11.2 Å². The van der Waals surface area contributed by atoms with Crippen LogP contribution >= 0.6 is 0 Å². The maximum Gasteiger partial charge on any atom is 0.180 e. The predicted octanol–water partition coefficient (Wildman–Crippen LogP) is 4.58. The van der Waals surface area contributed by atoms with E-state index in [0.29, 0.717) is 0 Å². The van der Waals surface area contributed by atoms with Gasteiger partial charge in [0.05, 0.1) is 17.9 Å². The highest BCUT2D eigenvalue weighted by molar-refractivity contribution is 5.69. The number of nitrogens with zero attached hydrogens (tertiary/aromatic N) is 6. The molecule has 5 heterocycles. The summed E-state index contributed by atoms with van der Waals surface area (Å²) in [5.41, 5.74) is 4.08. The maximum absolute atomic E-state index is 6.71. The average molecular weight is 463 g/mol. The largest absolute Gasteiger partial charge is 0.372 e. The zero-order valence-corrected chi connectivity index (χ0v) is 21.5. The lowest BCUT2D eigenvalue weighted by Crippen LogP contribution is -2.45. The molecule has 2 saturated heterocycles. The van der Waals surface area contributed by atoms with Crippen molar-refractivity contribution in [2.45, 2.75) is 84.0 Å². The van der Waals surface area contributed by atoms with Gasteiger partial charge in [0.15, 0.2) is 5.65 Å². The third-order valence-electron chi connectivity index (χ3n) is 8.45. The molecule has 3 aromatic heterocycles. The van der Waals surface area contributed by atoms with Crippen molar-refractivity contribution in [1.82, 2.24) is 29.4 Å². The molecule has 182 valence electrons. The number of pyridine rings is 1. The number of aromatic nitrogens is 5. The molecule has 0 spiro atoms. The van der Waals surface area contributed by atoms with Crippen molar-refractivity contribution in [3.63, 3.8) is 0 Å². The normalized spacial score (nSPS) is 25.4. The molecule has 5 rings (SSSR count). The van der Waals surface area contributed by atoms with Crippen LogP contribution in [0.25, 0.3) is 11.2 Å². The highest BCUT2D eigenvalue weighted by Crippen LogP contribution is 2.49. The summed E-state index contributed by atoms with van der Waals surface area (Å²) < 4.78 is 8.86. The van der Waals surface area contributed by atoms with Gasteiger partial charge in [-0.3, -0.25) is 9.88 Å².